The maximum Gasteiger partial charge on any atom is 0.387 e. The van der Waals surface area contributed by atoms with Gasteiger partial charge in [-0.1, -0.05) is 18.9 Å². The summed E-state index contributed by atoms with van der Waals surface area (Å²) >= 11 is 0. The molecular weight excluding hydrogens is 414 g/mol. The third-order valence-corrected chi connectivity index (χ3v) is 8.25. The second kappa shape index (κ2) is 8.63. The summed E-state index contributed by atoms with van der Waals surface area (Å²) in [5.74, 6) is 0.341. The van der Waals surface area contributed by atoms with Crippen LogP contribution in [-0.4, -0.2) is 56.3 Å². The van der Waals surface area contributed by atoms with Crippen molar-refractivity contribution >= 4 is 22.0 Å². The highest BCUT2D eigenvalue weighted by atomic mass is 32.2. The van der Waals surface area contributed by atoms with Crippen LogP contribution in [0.3, 0.4) is 0 Å². The summed E-state index contributed by atoms with van der Waals surface area (Å²) in [5, 5.41) is 0. The van der Waals surface area contributed by atoms with Crippen molar-refractivity contribution in [1.29, 1.82) is 0 Å². The van der Waals surface area contributed by atoms with Gasteiger partial charge in [-0.2, -0.15) is 13.1 Å². The van der Waals surface area contributed by atoms with E-state index < -0.39 is 16.6 Å². The number of hydrogen-bond donors (Lipinski definition) is 0. The summed E-state index contributed by atoms with van der Waals surface area (Å²) in [6.45, 7) is -1.45. The topological polar surface area (TPSA) is 66.9 Å². The van der Waals surface area contributed by atoms with Crippen molar-refractivity contribution in [3.63, 3.8) is 0 Å². The molecule has 1 aliphatic heterocycles. The summed E-state index contributed by atoms with van der Waals surface area (Å²) < 4.78 is 56.9. The number of piperazine rings is 1. The van der Waals surface area contributed by atoms with Gasteiger partial charge in [-0.3, -0.25) is 4.79 Å². The van der Waals surface area contributed by atoms with Crippen molar-refractivity contribution in [1.82, 2.24) is 9.21 Å². The summed E-state index contributed by atoms with van der Waals surface area (Å²) in [6, 6.07) is 4.57. The molecule has 0 N–H and O–H groups in total. The lowest BCUT2D eigenvalue weighted by Crippen LogP contribution is -2.51. The summed E-state index contributed by atoms with van der Waals surface area (Å²) in [6.07, 6.45) is 6.44. The normalized spacial score (nSPS) is 20.9. The fourth-order valence-electron chi connectivity index (χ4n) is 4.57. The molecule has 1 saturated heterocycles. The summed E-state index contributed by atoms with van der Waals surface area (Å²) in [4.78, 5) is 14.7. The van der Waals surface area contributed by atoms with Gasteiger partial charge < -0.3 is 9.64 Å². The number of allylic oxidation sites excluding steroid dienone is 1. The van der Waals surface area contributed by atoms with E-state index in [4.69, 9.17) is 0 Å². The molecule has 4 rings (SSSR count). The predicted molar refractivity (Wildman–Crippen MR) is 108 cm³/mol. The minimum atomic E-state index is -3.62. The molecule has 0 bridgehead atoms. The Hall–Kier alpha value is -2.00. The molecule has 6 nitrogen and oxygen atoms in total. The number of ether oxygens (including phenoxy) is 1. The van der Waals surface area contributed by atoms with E-state index >= 15 is 0 Å². The number of aryl methyl sites for hydroxylation is 1. The first-order valence-corrected chi connectivity index (χ1v) is 11.9. The van der Waals surface area contributed by atoms with Gasteiger partial charge in [0.2, 0.25) is 15.9 Å². The SMILES string of the molecule is O=C(C1CCCC1)N1CCN(S(=O)(=O)C2=Cc3ccc(OC(F)F)cc3CC2)CC1. The molecule has 2 fully saturated rings. The number of rotatable bonds is 5. The molecule has 1 saturated carbocycles. The van der Waals surface area contributed by atoms with Gasteiger partial charge in [-0.05, 0) is 55.0 Å². The van der Waals surface area contributed by atoms with Gasteiger partial charge in [0, 0.05) is 32.1 Å². The molecule has 30 heavy (non-hydrogen) atoms. The first-order chi connectivity index (χ1) is 14.3. The highest BCUT2D eigenvalue weighted by Gasteiger charge is 2.34. The summed E-state index contributed by atoms with van der Waals surface area (Å²) in [7, 11) is -3.62. The number of carbonyl (C=O) groups excluding carboxylic acids is 1. The van der Waals surface area contributed by atoms with Crippen LogP contribution in [0.25, 0.3) is 6.08 Å². The smallest absolute Gasteiger partial charge is 0.387 e. The van der Waals surface area contributed by atoms with E-state index in [2.05, 4.69) is 4.74 Å². The molecule has 0 atom stereocenters. The third kappa shape index (κ3) is 4.37. The van der Waals surface area contributed by atoms with Crippen molar-refractivity contribution in [2.24, 2.45) is 5.92 Å². The number of hydrogen-bond acceptors (Lipinski definition) is 4. The number of benzene rings is 1. The Morgan fingerprint density at radius 1 is 1.07 bits per heavy atom. The maximum atomic E-state index is 13.1. The standard InChI is InChI=1S/C21H26F2N2O4S/c22-21(23)29-18-7-5-17-14-19(8-6-16(17)13-18)30(27,28)25-11-9-24(10-12-25)20(26)15-3-1-2-4-15/h5,7,13-15,21H,1-4,6,8-12H2. The highest BCUT2D eigenvalue weighted by molar-refractivity contribution is 7.93. The van der Waals surface area contributed by atoms with Crippen LogP contribution < -0.4 is 4.74 Å². The van der Waals surface area contributed by atoms with Crippen molar-refractivity contribution in [3.05, 3.63) is 34.2 Å². The fourth-order valence-corrected chi connectivity index (χ4v) is 6.18. The zero-order chi connectivity index (χ0) is 21.3. The van der Waals surface area contributed by atoms with Crippen molar-refractivity contribution in [3.8, 4) is 5.75 Å². The van der Waals surface area contributed by atoms with Crippen LogP contribution in [-0.2, 0) is 21.2 Å². The molecule has 0 aromatic heterocycles. The van der Waals surface area contributed by atoms with Crippen LogP contribution in [0.1, 0.15) is 43.2 Å². The Morgan fingerprint density at radius 3 is 2.43 bits per heavy atom. The van der Waals surface area contributed by atoms with Crippen molar-refractivity contribution in [2.75, 3.05) is 26.2 Å². The maximum absolute atomic E-state index is 13.1. The molecule has 1 amide bonds. The average molecular weight is 441 g/mol. The third-order valence-electron chi connectivity index (χ3n) is 6.22. The zero-order valence-corrected chi connectivity index (χ0v) is 17.5. The van der Waals surface area contributed by atoms with Crippen LogP contribution in [0.2, 0.25) is 0 Å². The number of sulfonamides is 1. The molecule has 9 heteroatoms. The number of carbonyl (C=O) groups is 1. The van der Waals surface area contributed by atoms with E-state index in [1.54, 1.807) is 17.0 Å². The Bertz CT molecular complexity index is 934. The van der Waals surface area contributed by atoms with Gasteiger partial charge in [-0.15, -0.1) is 0 Å². The van der Waals surface area contributed by atoms with E-state index in [0.29, 0.717) is 49.5 Å². The number of fused-ring (bicyclic) bond motifs is 1. The van der Waals surface area contributed by atoms with Gasteiger partial charge in [0.15, 0.2) is 0 Å². The fraction of sp³-hybridized carbons (Fsp3) is 0.571. The highest BCUT2D eigenvalue weighted by Crippen LogP contribution is 2.32. The Labute approximate surface area is 175 Å². The van der Waals surface area contributed by atoms with Crippen LogP contribution in [0.15, 0.2) is 23.1 Å². The molecule has 1 aromatic rings. The first-order valence-electron chi connectivity index (χ1n) is 10.4. The lowest BCUT2D eigenvalue weighted by atomic mass is 9.97. The van der Waals surface area contributed by atoms with E-state index in [1.807, 2.05) is 0 Å². The lowest BCUT2D eigenvalue weighted by Gasteiger charge is -2.36. The monoisotopic (exact) mass is 440 g/mol. The number of alkyl halides is 2. The first kappa shape index (κ1) is 21.2. The second-order valence-corrected chi connectivity index (χ2v) is 10.1. The van der Waals surface area contributed by atoms with Crippen LogP contribution >= 0.6 is 0 Å². The predicted octanol–water partition coefficient (Wildman–Crippen LogP) is 3.24. The molecule has 164 valence electrons. The van der Waals surface area contributed by atoms with Crippen molar-refractivity contribution < 1.29 is 26.7 Å². The largest absolute Gasteiger partial charge is 0.435 e. The molecule has 1 heterocycles. The van der Waals surface area contributed by atoms with Crippen LogP contribution in [0, 0.1) is 5.92 Å². The minimum Gasteiger partial charge on any atom is -0.435 e. The average Bonchev–Trinajstić information content (AvgIpc) is 3.27. The van der Waals surface area contributed by atoms with E-state index in [1.165, 1.54) is 16.4 Å². The number of halogens is 2. The van der Waals surface area contributed by atoms with Gasteiger partial charge >= 0.3 is 6.61 Å². The Balaban J connectivity index is 1.43. The Kier molecular flexibility index (Phi) is 6.11. The molecular formula is C21H26F2N2O4S. The Morgan fingerprint density at radius 2 is 1.77 bits per heavy atom. The van der Waals surface area contributed by atoms with Crippen LogP contribution in [0.5, 0.6) is 5.75 Å². The second-order valence-electron chi connectivity index (χ2n) is 8.06. The van der Waals surface area contributed by atoms with E-state index in [-0.39, 0.29) is 17.6 Å². The van der Waals surface area contributed by atoms with E-state index in [9.17, 15) is 22.0 Å². The quantitative estimate of drug-likeness (QED) is 0.705. The summed E-state index contributed by atoms with van der Waals surface area (Å²) in [5.41, 5.74) is 1.50. The lowest BCUT2D eigenvalue weighted by molar-refractivity contribution is -0.136. The molecule has 0 spiro atoms. The molecule has 0 radical (unpaired) electrons. The molecule has 0 unspecified atom stereocenters. The van der Waals surface area contributed by atoms with Gasteiger partial charge in [0.25, 0.3) is 0 Å². The number of nitrogens with zero attached hydrogens (tertiary/aromatic N) is 2. The minimum absolute atomic E-state index is 0.0755. The van der Waals surface area contributed by atoms with Gasteiger partial charge in [0.1, 0.15) is 5.75 Å². The van der Waals surface area contributed by atoms with Crippen LogP contribution in [0.4, 0.5) is 8.78 Å². The molecule has 3 aliphatic rings. The van der Waals surface area contributed by atoms with Crippen molar-refractivity contribution in [2.45, 2.75) is 45.1 Å². The van der Waals surface area contributed by atoms with Gasteiger partial charge in [-0.25, -0.2) is 8.42 Å². The zero-order valence-electron chi connectivity index (χ0n) is 16.7. The van der Waals surface area contributed by atoms with Gasteiger partial charge in [0.05, 0.1) is 4.91 Å². The van der Waals surface area contributed by atoms with E-state index in [0.717, 1.165) is 31.2 Å². The molecule has 2 aliphatic carbocycles. The number of amides is 1. The molecule has 1 aromatic carbocycles.